The van der Waals surface area contributed by atoms with E-state index in [9.17, 15) is 0 Å². The Morgan fingerprint density at radius 1 is 1.37 bits per heavy atom. The predicted octanol–water partition coefficient (Wildman–Crippen LogP) is 3.26. The third-order valence-electron chi connectivity index (χ3n) is 3.35. The van der Waals surface area contributed by atoms with E-state index in [1.54, 1.807) is 0 Å². The van der Waals surface area contributed by atoms with E-state index in [2.05, 4.69) is 12.2 Å². The van der Waals surface area contributed by atoms with Crippen molar-refractivity contribution in [3.8, 4) is 5.75 Å². The molecule has 19 heavy (non-hydrogen) atoms. The molecule has 1 aliphatic carbocycles. The quantitative estimate of drug-likeness (QED) is 0.833. The lowest BCUT2D eigenvalue weighted by Gasteiger charge is -2.44. The van der Waals surface area contributed by atoms with Gasteiger partial charge in [-0.15, -0.1) is 0 Å². The minimum absolute atomic E-state index is 0.118. The van der Waals surface area contributed by atoms with Gasteiger partial charge in [0, 0.05) is 24.1 Å². The molecular weight excluding hydrogens is 262 g/mol. The number of ether oxygens (including phenoxy) is 2. The van der Waals surface area contributed by atoms with Gasteiger partial charge in [-0.05, 0) is 38.1 Å². The number of hydrogen-bond acceptors (Lipinski definition) is 3. The molecule has 0 spiro atoms. The second-order valence-electron chi connectivity index (χ2n) is 4.83. The van der Waals surface area contributed by atoms with E-state index in [1.807, 2.05) is 31.2 Å². The summed E-state index contributed by atoms with van der Waals surface area (Å²) in [7, 11) is 0. The van der Waals surface area contributed by atoms with Crippen molar-refractivity contribution >= 4 is 11.6 Å². The minimum Gasteiger partial charge on any atom is -0.488 e. The summed E-state index contributed by atoms with van der Waals surface area (Å²) in [6.45, 7) is 5.93. The zero-order valence-electron chi connectivity index (χ0n) is 11.6. The van der Waals surface area contributed by atoms with Crippen molar-refractivity contribution in [1.29, 1.82) is 0 Å². The van der Waals surface area contributed by atoms with Crippen LogP contribution in [0.25, 0.3) is 0 Å². The van der Waals surface area contributed by atoms with Gasteiger partial charge in [0.25, 0.3) is 0 Å². The van der Waals surface area contributed by atoms with Crippen molar-refractivity contribution in [3.63, 3.8) is 0 Å². The van der Waals surface area contributed by atoms with Crippen LogP contribution in [0.15, 0.2) is 24.3 Å². The summed E-state index contributed by atoms with van der Waals surface area (Å²) < 4.78 is 11.7. The molecule has 3 nitrogen and oxygen atoms in total. The second kappa shape index (κ2) is 7.13. The molecule has 0 heterocycles. The normalized spacial score (nSPS) is 25.9. The Morgan fingerprint density at radius 2 is 2.21 bits per heavy atom. The lowest BCUT2D eigenvalue weighted by Crippen LogP contribution is -2.61. The van der Waals surface area contributed by atoms with Crippen LogP contribution in [0.4, 0.5) is 0 Å². The highest BCUT2D eigenvalue weighted by Crippen LogP contribution is 2.30. The zero-order valence-corrected chi connectivity index (χ0v) is 12.3. The highest BCUT2D eigenvalue weighted by atomic mass is 35.5. The van der Waals surface area contributed by atoms with Crippen molar-refractivity contribution in [1.82, 2.24) is 5.32 Å². The maximum Gasteiger partial charge on any atom is 0.128 e. The molecule has 0 aliphatic heterocycles. The maximum absolute atomic E-state index is 5.96. The summed E-state index contributed by atoms with van der Waals surface area (Å²) in [6.07, 6.45) is 2.37. The van der Waals surface area contributed by atoms with Crippen LogP contribution < -0.4 is 10.1 Å². The van der Waals surface area contributed by atoms with Crippen LogP contribution in [0.1, 0.15) is 26.7 Å². The van der Waals surface area contributed by atoms with Crippen LogP contribution in [-0.2, 0) is 4.74 Å². The van der Waals surface area contributed by atoms with Gasteiger partial charge in [-0.1, -0.05) is 24.6 Å². The summed E-state index contributed by atoms with van der Waals surface area (Å²) in [5, 5.41) is 4.20. The van der Waals surface area contributed by atoms with Gasteiger partial charge in [0.1, 0.15) is 18.0 Å². The SMILES string of the molecule is CCCNC1CC(Oc2cccc(Cl)c2)C1OCC. The van der Waals surface area contributed by atoms with Crippen molar-refractivity contribution in [3.05, 3.63) is 29.3 Å². The topological polar surface area (TPSA) is 30.5 Å². The van der Waals surface area contributed by atoms with E-state index in [1.165, 1.54) is 0 Å². The van der Waals surface area contributed by atoms with E-state index in [-0.39, 0.29) is 12.2 Å². The fourth-order valence-electron chi connectivity index (χ4n) is 2.36. The molecule has 0 radical (unpaired) electrons. The average molecular weight is 284 g/mol. The fraction of sp³-hybridized carbons (Fsp3) is 0.600. The predicted molar refractivity (Wildman–Crippen MR) is 78.0 cm³/mol. The molecule has 0 saturated heterocycles. The smallest absolute Gasteiger partial charge is 0.128 e. The summed E-state index contributed by atoms with van der Waals surface area (Å²) in [5.74, 6) is 0.816. The van der Waals surface area contributed by atoms with Crippen molar-refractivity contribution in [2.24, 2.45) is 0 Å². The molecule has 2 rings (SSSR count). The molecule has 3 atom stereocenters. The van der Waals surface area contributed by atoms with E-state index < -0.39 is 0 Å². The van der Waals surface area contributed by atoms with Gasteiger partial charge >= 0.3 is 0 Å². The van der Waals surface area contributed by atoms with E-state index in [0.29, 0.717) is 17.7 Å². The molecular formula is C15H22ClNO2. The first-order valence-electron chi connectivity index (χ1n) is 7.01. The molecule has 3 unspecified atom stereocenters. The summed E-state index contributed by atoms with van der Waals surface area (Å²) >= 11 is 5.96. The van der Waals surface area contributed by atoms with Gasteiger partial charge < -0.3 is 14.8 Å². The number of hydrogen-bond donors (Lipinski definition) is 1. The molecule has 1 fully saturated rings. The Bertz CT molecular complexity index is 399. The van der Waals surface area contributed by atoms with E-state index in [4.69, 9.17) is 21.1 Å². The highest BCUT2D eigenvalue weighted by Gasteiger charge is 2.43. The zero-order chi connectivity index (χ0) is 13.7. The molecule has 0 amide bonds. The lowest BCUT2D eigenvalue weighted by atomic mass is 9.85. The number of halogens is 1. The van der Waals surface area contributed by atoms with Gasteiger partial charge in [0.15, 0.2) is 0 Å². The summed E-state index contributed by atoms with van der Waals surface area (Å²) in [5.41, 5.74) is 0. The molecule has 1 N–H and O–H groups in total. The first-order chi connectivity index (χ1) is 9.24. The molecule has 1 aromatic rings. The van der Waals surface area contributed by atoms with Crippen LogP contribution in [0, 0.1) is 0 Å². The Labute approximate surface area is 120 Å². The summed E-state index contributed by atoms with van der Waals surface area (Å²) in [4.78, 5) is 0. The first kappa shape index (κ1) is 14.6. The molecule has 1 aromatic carbocycles. The molecule has 4 heteroatoms. The minimum atomic E-state index is 0.118. The molecule has 0 aromatic heterocycles. The van der Waals surface area contributed by atoms with Crippen LogP contribution in [-0.4, -0.2) is 31.4 Å². The first-order valence-corrected chi connectivity index (χ1v) is 7.39. The average Bonchev–Trinajstić information content (AvgIpc) is 2.39. The van der Waals surface area contributed by atoms with Gasteiger partial charge in [-0.3, -0.25) is 0 Å². The molecule has 106 valence electrons. The van der Waals surface area contributed by atoms with Gasteiger partial charge in [-0.2, -0.15) is 0 Å². The van der Waals surface area contributed by atoms with Crippen LogP contribution in [0.2, 0.25) is 5.02 Å². The standard InChI is InChI=1S/C15H22ClNO2/c1-3-8-17-13-10-14(15(13)18-4-2)19-12-7-5-6-11(16)9-12/h5-7,9,13-15,17H,3-4,8,10H2,1-2H3. The van der Waals surface area contributed by atoms with Gasteiger partial charge in [0.2, 0.25) is 0 Å². The Morgan fingerprint density at radius 3 is 2.89 bits per heavy atom. The number of benzene rings is 1. The van der Waals surface area contributed by atoms with Gasteiger partial charge in [-0.25, -0.2) is 0 Å². The third-order valence-corrected chi connectivity index (χ3v) is 3.58. The third kappa shape index (κ3) is 3.85. The van der Waals surface area contributed by atoms with Crippen molar-refractivity contribution in [2.45, 2.75) is 44.9 Å². The Kier molecular flexibility index (Phi) is 5.49. The Hall–Kier alpha value is -0.770. The van der Waals surface area contributed by atoms with Crippen LogP contribution >= 0.6 is 11.6 Å². The summed E-state index contributed by atoms with van der Waals surface area (Å²) in [6, 6.07) is 7.93. The van der Waals surface area contributed by atoms with Crippen LogP contribution in [0.3, 0.4) is 0 Å². The van der Waals surface area contributed by atoms with Crippen molar-refractivity contribution < 1.29 is 9.47 Å². The van der Waals surface area contributed by atoms with Gasteiger partial charge in [0.05, 0.1) is 0 Å². The monoisotopic (exact) mass is 283 g/mol. The molecule has 1 saturated carbocycles. The lowest BCUT2D eigenvalue weighted by molar-refractivity contribution is -0.104. The Balaban J connectivity index is 1.90. The van der Waals surface area contributed by atoms with Crippen LogP contribution in [0.5, 0.6) is 5.75 Å². The molecule has 1 aliphatic rings. The number of nitrogens with one attached hydrogen (secondary N) is 1. The largest absolute Gasteiger partial charge is 0.488 e. The maximum atomic E-state index is 5.96. The molecule has 0 bridgehead atoms. The highest BCUT2D eigenvalue weighted by molar-refractivity contribution is 6.30. The fourth-order valence-corrected chi connectivity index (χ4v) is 2.54. The number of rotatable bonds is 7. The second-order valence-corrected chi connectivity index (χ2v) is 5.27. The van der Waals surface area contributed by atoms with Crippen molar-refractivity contribution in [2.75, 3.05) is 13.2 Å². The van der Waals surface area contributed by atoms with E-state index in [0.717, 1.165) is 25.1 Å². The van der Waals surface area contributed by atoms with E-state index >= 15 is 0 Å².